The van der Waals surface area contributed by atoms with Gasteiger partial charge in [-0.2, -0.15) is 10.4 Å². The lowest BCUT2D eigenvalue weighted by Gasteiger charge is -2.35. The van der Waals surface area contributed by atoms with E-state index >= 15 is 0 Å². The molecule has 0 radical (unpaired) electrons. The summed E-state index contributed by atoms with van der Waals surface area (Å²) in [6.45, 7) is 1.67. The van der Waals surface area contributed by atoms with Crippen LogP contribution in [0.5, 0.6) is 0 Å². The van der Waals surface area contributed by atoms with Gasteiger partial charge in [0.15, 0.2) is 5.82 Å². The summed E-state index contributed by atoms with van der Waals surface area (Å²) in [7, 11) is 0. The summed E-state index contributed by atoms with van der Waals surface area (Å²) in [4.78, 5) is 17.5. The van der Waals surface area contributed by atoms with Gasteiger partial charge in [-0.3, -0.25) is 4.90 Å². The van der Waals surface area contributed by atoms with Gasteiger partial charge in [0, 0.05) is 31.9 Å². The maximum absolute atomic E-state index is 14.3. The summed E-state index contributed by atoms with van der Waals surface area (Å²) in [5.41, 5.74) is 13.2. The van der Waals surface area contributed by atoms with Crippen molar-refractivity contribution in [1.29, 1.82) is 5.26 Å². The number of nitrogens with two attached hydrogens (primary N) is 2. The van der Waals surface area contributed by atoms with Gasteiger partial charge >= 0.3 is 6.09 Å². The minimum Gasteiger partial charge on any atom is -0.443 e. The third-order valence-corrected chi connectivity index (χ3v) is 5.24. The van der Waals surface area contributed by atoms with E-state index < -0.39 is 18.0 Å². The van der Waals surface area contributed by atoms with Crippen LogP contribution in [0.4, 0.5) is 20.7 Å². The average molecular weight is 424 g/mol. The number of carbonyl (C=O) groups is 1. The second-order valence-electron chi connectivity index (χ2n) is 7.34. The Morgan fingerprint density at radius 2 is 2.26 bits per heavy atom. The van der Waals surface area contributed by atoms with Crippen molar-refractivity contribution in [3.63, 3.8) is 0 Å². The highest BCUT2D eigenvalue weighted by Crippen LogP contribution is 2.27. The van der Waals surface area contributed by atoms with Crippen molar-refractivity contribution in [2.45, 2.75) is 25.1 Å². The fourth-order valence-corrected chi connectivity index (χ4v) is 3.71. The zero-order valence-corrected chi connectivity index (χ0v) is 16.5. The molecule has 1 saturated heterocycles. The van der Waals surface area contributed by atoms with E-state index in [9.17, 15) is 9.18 Å². The van der Waals surface area contributed by atoms with E-state index in [-0.39, 0.29) is 11.7 Å². The van der Waals surface area contributed by atoms with Crippen molar-refractivity contribution < 1.29 is 13.9 Å². The zero-order chi connectivity index (χ0) is 22.0. The topological polar surface area (TPSA) is 148 Å². The van der Waals surface area contributed by atoms with Crippen LogP contribution in [0, 0.1) is 17.1 Å². The molecule has 31 heavy (non-hydrogen) atoms. The van der Waals surface area contributed by atoms with Gasteiger partial charge in [-0.15, -0.1) is 0 Å². The van der Waals surface area contributed by atoms with E-state index in [1.54, 1.807) is 10.7 Å². The normalized spacial score (nSPS) is 19.1. The first-order valence-electron chi connectivity index (χ1n) is 9.66. The van der Waals surface area contributed by atoms with Crippen LogP contribution in [-0.2, 0) is 11.3 Å². The molecule has 1 aliphatic rings. The van der Waals surface area contributed by atoms with Crippen LogP contribution in [-0.4, -0.2) is 50.8 Å². The number of anilines is 2. The molecule has 11 heteroatoms. The third kappa shape index (κ3) is 4.40. The van der Waals surface area contributed by atoms with E-state index in [0.29, 0.717) is 43.0 Å². The Bertz CT molecular complexity index is 1160. The number of nitrogens with zero attached hydrogens (tertiary/aromatic N) is 5. The first-order chi connectivity index (χ1) is 14.9. The van der Waals surface area contributed by atoms with Gasteiger partial charge in [0.1, 0.15) is 23.8 Å². The van der Waals surface area contributed by atoms with Crippen LogP contribution in [0.25, 0.3) is 5.52 Å². The van der Waals surface area contributed by atoms with Crippen LogP contribution in [0.3, 0.4) is 0 Å². The van der Waals surface area contributed by atoms with Crippen molar-refractivity contribution in [3.8, 4) is 6.07 Å². The van der Waals surface area contributed by atoms with Gasteiger partial charge in [0.05, 0.1) is 17.3 Å². The molecule has 1 aliphatic heterocycles. The highest BCUT2D eigenvalue weighted by Gasteiger charge is 2.29. The fourth-order valence-electron chi connectivity index (χ4n) is 3.71. The molecule has 4 rings (SSSR count). The second-order valence-corrected chi connectivity index (χ2v) is 7.34. The number of nitrogens with one attached hydrogen (secondary N) is 1. The largest absolute Gasteiger partial charge is 0.443 e. The molecule has 0 bridgehead atoms. The molecular formula is C20H21FN8O2. The third-order valence-electron chi connectivity index (χ3n) is 5.24. The fraction of sp³-hybridized carbons (Fsp3) is 0.300. The summed E-state index contributed by atoms with van der Waals surface area (Å²) in [5, 5.41) is 16.3. The first-order valence-corrected chi connectivity index (χ1v) is 9.66. The highest BCUT2D eigenvalue weighted by atomic mass is 19.1. The summed E-state index contributed by atoms with van der Waals surface area (Å²) in [6.07, 6.45) is 2.46. The van der Waals surface area contributed by atoms with Gasteiger partial charge in [-0.1, -0.05) is 0 Å². The number of nitriles is 1. The molecule has 1 fully saturated rings. The monoisotopic (exact) mass is 424 g/mol. The lowest BCUT2D eigenvalue weighted by atomic mass is 10.0. The molecule has 1 aromatic carbocycles. The number of benzene rings is 1. The number of ether oxygens (including phenoxy) is 1. The molecule has 2 atom stereocenters. The van der Waals surface area contributed by atoms with E-state index in [0.717, 1.165) is 5.56 Å². The van der Waals surface area contributed by atoms with Crippen molar-refractivity contribution in [3.05, 3.63) is 53.7 Å². The second kappa shape index (κ2) is 8.55. The number of hydrogen-bond donors (Lipinski definition) is 3. The number of aromatic nitrogens is 3. The van der Waals surface area contributed by atoms with Crippen molar-refractivity contribution >= 4 is 23.1 Å². The van der Waals surface area contributed by atoms with Crippen LogP contribution < -0.4 is 16.8 Å². The molecule has 5 N–H and O–H groups in total. The number of amides is 1. The maximum atomic E-state index is 14.3. The van der Waals surface area contributed by atoms with Gasteiger partial charge in [0.25, 0.3) is 0 Å². The number of likely N-dealkylation sites (tertiary alicyclic amines) is 1. The van der Waals surface area contributed by atoms with Gasteiger partial charge in [-0.05, 0) is 36.2 Å². The van der Waals surface area contributed by atoms with Gasteiger partial charge < -0.3 is 21.5 Å². The summed E-state index contributed by atoms with van der Waals surface area (Å²) in [5.74, 6) is -0.0945. The van der Waals surface area contributed by atoms with Crippen molar-refractivity contribution in [2.24, 2.45) is 11.5 Å². The minimum atomic E-state index is -0.849. The molecule has 3 aromatic rings. The quantitative estimate of drug-likeness (QED) is 0.558. The molecule has 0 aliphatic carbocycles. The Morgan fingerprint density at radius 3 is 3.03 bits per heavy atom. The lowest BCUT2D eigenvalue weighted by Crippen LogP contribution is -2.52. The first kappa shape index (κ1) is 20.5. The number of primary amides is 1. The number of halogens is 1. The van der Waals surface area contributed by atoms with E-state index in [1.165, 1.54) is 24.5 Å². The molecular weight excluding hydrogens is 403 g/mol. The average Bonchev–Trinajstić information content (AvgIpc) is 3.15. The van der Waals surface area contributed by atoms with Crippen LogP contribution in [0.1, 0.15) is 17.5 Å². The SMILES string of the molecule is N#Cc1ccc(F)c(Nc2ncnn3ccc(CN4CC[C@@H](N)[C@@H](OC(N)=O)C4)c23)c1. The summed E-state index contributed by atoms with van der Waals surface area (Å²) in [6, 6.07) is 7.68. The molecule has 0 spiro atoms. The van der Waals surface area contributed by atoms with Gasteiger partial charge in [-0.25, -0.2) is 18.7 Å². The molecule has 2 aromatic heterocycles. The number of hydrogen-bond acceptors (Lipinski definition) is 8. The molecule has 0 unspecified atom stereocenters. The van der Waals surface area contributed by atoms with Crippen molar-refractivity contribution in [1.82, 2.24) is 19.5 Å². The smallest absolute Gasteiger partial charge is 0.404 e. The highest BCUT2D eigenvalue weighted by molar-refractivity contribution is 5.77. The Balaban J connectivity index is 1.60. The van der Waals surface area contributed by atoms with Crippen LogP contribution in [0.15, 0.2) is 36.8 Å². The Hall–Kier alpha value is -3.75. The van der Waals surface area contributed by atoms with Crippen LogP contribution >= 0.6 is 0 Å². The standard InChI is InChI=1S/C20H21FN8O2/c21-14-2-1-12(8-22)7-16(14)27-19-18-13(3-6-29(18)26-11-25-19)9-28-5-4-15(23)17(10-28)31-20(24)30/h1-3,6-7,11,15,17H,4-5,9-10,23H2,(H2,24,30)(H,25,26,27)/t15-,17+/m1/s1. The Kier molecular flexibility index (Phi) is 5.66. The number of piperidine rings is 1. The predicted molar refractivity (Wildman–Crippen MR) is 110 cm³/mol. The van der Waals surface area contributed by atoms with E-state index in [1.807, 2.05) is 12.1 Å². The number of carbonyl (C=O) groups excluding carboxylic acids is 1. The molecule has 3 heterocycles. The van der Waals surface area contributed by atoms with Crippen LogP contribution in [0.2, 0.25) is 0 Å². The molecule has 160 valence electrons. The maximum Gasteiger partial charge on any atom is 0.404 e. The Labute approximate surface area is 177 Å². The molecule has 1 amide bonds. The zero-order valence-electron chi connectivity index (χ0n) is 16.5. The molecule has 0 saturated carbocycles. The number of rotatable bonds is 5. The Morgan fingerprint density at radius 1 is 1.42 bits per heavy atom. The van der Waals surface area contributed by atoms with E-state index in [2.05, 4.69) is 20.3 Å². The lowest BCUT2D eigenvalue weighted by molar-refractivity contribution is 0.0313. The predicted octanol–water partition coefficient (Wildman–Crippen LogP) is 1.48. The molecule has 10 nitrogen and oxygen atoms in total. The van der Waals surface area contributed by atoms with E-state index in [4.69, 9.17) is 21.5 Å². The van der Waals surface area contributed by atoms with Gasteiger partial charge in [0.2, 0.25) is 0 Å². The summed E-state index contributed by atoms with van der Waals surface area (Å²) < 4.78 is 21.1. The number of fused-ring (bicyclic) bond motifs is 1. The minimum absolute atomic E-state index is 0.144. The van der Waals surface area contributed by atoms with Crippen molar-refractivity contribution in [2.75, 3.05) is 18.4 Å². The summed E-state index contributed by atoms with van der Waals surface area (Å²) >= 11 is 0.